The largest absolute Gasteiger partial charge is 0.497 e. The molecule has 0 saturated carbocycles. The van der Waals surface area contributed by atoms with Gasteiger partial charge in [-0.15, -0.1) is 0 Å². The highest BCUT2D eigenvalue weighted by molar-refractivity contribution is 7.80. The van der Waals surface area contributed by atoms with Crippen molar-refractivity contribution in [3.63, 3.8) is 0 Å². The normalized spacial score (nSPS) is 14.4. The van der Waals surface area contributed by atoms with Crippen LogP contribution in [0.15, 0.2) is 72.3 Å². The third-order valence-corrected chi connectivity index (χ3v) is 6.22. The van der Waals surface area contributed by atoms with Gasteiger partial charge in [-0.2, -0.15) is 0 Å². The zero-order chi connectivity index (χ0) is 26.5. The van der Waals surface area contributed by atoms with Crippen molar-refractivity contribution < 1.29 is 23.9 Å². The monoisotopic (exact) mass is 555 g/mol. The van der Waals surface area contributed by atoms with Crippen molar-refractivity contribution >= 4 is 75.7 Å². The number of anilines is 2. The molecule has 37 heavy (non-hydrogen) atoms. The predicted molar refractivity (Wildman–Crippen MR) is 146 cm³/mol. The van der Waals surface area contributed by atoms with Gasteiger partial charge in [-0.25, -0.2) is 0 Å². The van der Waals surface area contributed by atoms with Gasteiger partial charge in [-0.05, 0) is 78.5 Å². The first kappa shape index (κ1) is 26.2. The summed E-state index contributed by atoms with van der Waals surface area (Å²) in [4.78, 5) is 39.1. The predicted octanol–water partition coefficient (Wildman–Crippen LogP) is 4.85. The van der Waals surface area contributed by atoms with Crippen LogP contribution in [0.1, 0.15) is 5.56 Å². The van der Waals surface area contributed by atoms with Gasteiger partial charge in [0.25, 0.3) is 17.7 Å². The molecule has 0 spiro atoms. The fraction of sp³-hybridized carbons (Fsp3) is 0.0769. The molecule has 3 aromatic carbocycles. The minimum Gasteiger partial charge on any atom is -0.497 e. The Bertz CT molecular complexity index is 1410. The second-order valence-corrected chi connectivity index (χ2v) is 8.89. The molecule has 188 valence electrons. The fourth-order valence-corrected chi connectivity index (χ4v) is 3.95. The highest BCUT2D eigenvalue weighted by atomic mass is 35.5. The SMILES string of the molecule is COc1ccc(N2C(=O)/C(=C\c3ccc(OCC(=O)Nc4ccc(Cl)c(Cl)c4)cc3)C(=O)NC2=S)cc1. The Hall–Kier alpha value is -3.92. The summed E-state index contributed by atoms with van der Waals surface area (Å²) in [5.74, 6) is -0.499. The summed E-state index contributed by atoms with van der Waals surface area (Å²) in [6.45, 7) is -0.240. The van der Waals surface area contributed by atoms with Gasteiger partial charge < -0.3 is 14.8 Å². The number of hydrogen-bond acceptors (Lipinski definition) is 6. The van der Waals surface area contributed by atoms with Crippen LogP contribution in [0.4, 0.5) is 11.4 Å². The molecule has 3 amide bonds. The van der Waals surface area contributed by atoms with Crippen LogP contribution in [0, 0.1) is 0 Å². The molecule has 0 unspecified atom stereocenters. The summed E-state index contributed by atoms with van der Waals surface area (Å²) in [6.07, 6.45) is 1.46. The average Bonchev–Trinajstić information content (AvgIpc) is 2.88. The van der Waals surface area contributed by atoms with E-state index in [1.165, 1.54) is 24.2 Å². The molecular weight excluding hydrogens is 537 g/mol. The molecule has 1 aliphatic rings. The number of nitrogens with one attached hydrogen (secondary N) is 2. The topological polar surface area (TPSA) is 97.0 Å². The Labute approximate surface area is 227 Å². The lowest BCUT2D eigenvalue weighted by molar-refractivity contribution is -0.122. The van der Waals surface area contributed by atoms with E-state index in [-0.39, 0.29) is 23.2 Å². The summed E-state index contributed by atoms with van der Waals surface area (Å²) < 4.78 is 10.7. The zero-order valence-electron chi connectivity index (χ0n) is 19.3. The third kappa shape index (κ3) is 6.26. The standard InChI is InChI=1S/C26H19Cl2N3O5S/c1-35-18-9-5-17(6-10-18)31-25(34)20(24(33)30-26(31)37)12-15-2-7-19(8-3-15)36-14-23(32)29-16-4-11-21(27)22(28)13-16/h2-13H,14H2,1H3,(H,29,32)(H,30,33,37)/b20-12-. The van der Waals surface area contributed by atoms with Gasteiger partial charge in [0.05, 0.1) is 22.8 Å². The molecule has 0 aliphatic carbocycles. The lowest BCUT2D eigenvalue weighted by atomic mass is 10.1. The maximum absolute atomic E-state index is 13.1. The molecule has 11 heteroatoms. The molecule has 2 N–H and O–H groups in total. The minimum absolute atomic E-state index is 0.0137. The van der Waals surface area contributed by atoms with Crippen LogP contribution in [0.2, 0.25) is 10.0 Å². The first-order valence-electron chi connectivity index (χ1n) is 10.8. The van der Waals surface area contributed by atoms with Crippen LogP contribution in [0.25, 0.3) is 6.08 Å². The molecular formula is C26H19Cl2N3O5S. The van der Waals surface area contributed by atoms with Crippen LogP contribution >= 0.6 is 35.4 Å². The van der Waals surface area contributed by atoms with E-state index in [9.17, 15) is 14.4 Å². The highest BCUT2D eigenvalue weighted by Crippen LogP contribution is 2.26. The minimum atomic E-state index is -0.598. The van der Waals surface area contributed by atoms with E-state index in [0.29, 0.717) is 38.5 Å². The molecule has 0 radical (unpaired) electrons. The summed E-state index contributed by atoms with van der Waals surface area (Å²) in [5.41, 5.74) is 1.47. The Morgan fingerprint density at radius 1 is 1.00 bits per heavy atom. The average molecular weight is 556 g/mol. The van der Waals surface area contributed by atoms with Crippen molar-refractivity contribution in [2.45, 2.75) is 0 Å². The summed E-state index contributed by atoms with van der Waals surface area (Å²) >= 11 is 17.0. The van der Waals surface area contributed by atoms with Crippen molar-refractivity contribution in [3.05, 3.63) is 87.9 Å². The molecule has 0 aromatic heterocycles. The Morgan fingerprint density at radius 2 is 1.68 bits per heavy atom. The van der Waals surface area contributed by atoms with Crippen LogP contribution in [0.5, 0.6) is 11.5 Å². The number of carbonyl (C=O) groups excluding carboxylic acids is 3. The van der Waals surface area contributed by atoms with Crippen molar-refractivity contribution in [2.24, 2.45) is 0 Å². The number of ether oxygens (including phenoxy) is 2. The number of halogens is 2. The van der Waals surface area contributed by atoms with Crippen LogP contribution < -0.4 is 25.0 Å². The van der Waals surface area contributed by atoms with E-state index in [2.05, 4.69) is 10.6 Å². The zero-order valence-corrected chi connectivity index (χ0v) is 21.6. The van der Waals surface area contributed by atoms with Crippen LogP contribution in [-0.2, 0) is 14.4 Å². The number of benzene rings is 3. The first-order chi connectivity index (χ1) is 17.7. The lowest BCUT2D eigenvalue weighted by Crippen LogP contribution is -2.54. The summed E-state index contributed by atoms with van der Waals surface area (Å²) in [7, 11) is 1.54. The van der Waals surface area contributed by atoms with Crippen molar-refractivity contribution in [2.75, 3.05) is 23.9 Å². The second-order valence-electron chi connectivity index (χ2n) is 7.69. The molecule has 3 aromatic rings. The van der Waals surface area contributed by atoms with Gasteiger partial charge in [-0.3, -0.25) is 24.6 Å². The van der Waals surface area contributed by atoms with Crippen molar-refractivity contribution in [1.82, 2.24) is 5.32 Å². The third-order valence-electron chi connectivity index (χ3n) is 5.20. The molecule has 1 fully saturated rings. The quantitative estimate of drug-likeness (QED) is 0.246. The van der Waals surface area contributed by atoms with Crippen LogP contribution in [-0.4, -0.2) is 36.6 Å². The molecule has 0 bridgehead atoms. The fourth-order valence-electron chi connectivity index (χ4n) is 3.37. The van der Waals surface area contributed by atoms with Gasteiger partial charge in [0, 0.05) is 5.69 Å². The van der Waals surface area contributed by atoms with Crippen molar-refractivity contribution in [1.29, 1.82) is 0 Å². The number of nitrogens with zero attached hydrogens (tertiary/aromatic N) is 1. The number of amides is 3. The molecule has 1 aliphatic heterocycles. The number of methoxy groups -OCH3 is 1. The van der Waals surface area contributed by atoms with E-state index >= 15 is 0 Å². The maximum atomic E-state index is 13.1. The van der Waals surface area contributed by atoms with E-state index in [1.54, 1.807) is 60.7 Å². The molecule has 4 rings (SSSR count). The maximum Gasteiger partial charge on any atom is 0.270 e. The van der Waals surface area contributed by atoms with E-state index in [0.717, 1.165) is 0 Å². The molecule has 1 saturated heterocycles. The summed E-state index contributed by atoms with van der Waals surface area (Å²) in [6, 6.07) is 18.0. The Balaban J connectivity index is 1.42. The number of thiocarbonyl (C=S) groups is 1. The van der Waals surface area contributed by atoms with E-state index in [1.807, 2.05) is 0 Å². The smallest absolute Gasteiger partial charge is 0.270 e. The Kier molecular flexibility index (Phi) is 8.08. The van der Waals surface area contributed by atoms with Gasteiger partial charge in [0.1, 0.15) is 17.1 Å². The second kappa shape index (κ2) is 11.4. The van der Waals surface area contributed by atoms with Gasteiger partial charge in [0.15, 0.2) is 11.7 Å². The van der Waals surface area contributed by atoms with Gasteiger partial charge >= 0.3 is 0 Å². The molecule has 0 atom stereocenters. The lowest BCUT2D eigenvalue weighted by Gasteiger charge is -2.29. The number of hydrogen-bond donors (Lipinski definition) is 2. The first-order valence-corrected chi connectivity index (χ1v) is 11.9. The number of rotatable bonds is 7. The molecule has 8 nitrogen and oxygen atoms in total. The Morgan fingerprint density at radius 3 is 2.32 bits per heavy atom. The summed E-state index contributed by atoms with van der Waals surface area (Å²) in [5, 5.41) is 5.90. The van der Waals surface area contributed by atoms with E-state index in [4.69, 9.17) is 44.9 Å². The molecule has 1 heterocycles. The van der Waals surface area contributed by atoms with Crippen LogP contribution in [0.3, 0.4) is 0 Å². The van der Waals surface area contributed by atoms with E-state index < -0.39 is 11.8 Å². The number of carbonyl (C=O) groups is 3. The van der Waals surface area contributed by atoms with Gasteiger partial charge in [0.2, 0.25) is 0 Å². The van der Waals surface area contributed by atoms with Crippen molar-refractivity contribution in [3.8, 4) is 11.5 Å². The highest BCUT2D eigenvalue weighted by Gasteiger charge is 2.34. The van der Waals surface area contributed by atoms with Gasteiger partial charge in [-0.1, -0.05) is 35.3 Å².